The number of rotatable bonds is 7. The largest absolute Gasteiger partial charge is 0.401 e. The average Bonchev–Trinajstić information content (AvgIpc) is 2.22. The van der Waals surface area contributed by atoms with Crippen LogP contribution in [0.3, 0.4) is 0 Å². The summed E-state index contributed by atoms with van der Waals surface area (Å²) in [5.74, 6) is 4.25. The summed E-state index contributed by atoms with van der Waals surface area (Å²) in [5.41, 5.74) is 1.84. The predicted octanol–water partition coefficient (Wildman–Crippen LogP) is 0.00160. The van der Waals surface area contributed by atoms with Gasteiger partial charge in [0.25, 0.3) is 5.91 Å². The number of alkyl halides is 3. The molecule has 0 aliphatic rings. The van der Waals surface area contributed by atoms with Crippen LogP contribution in [0.25, 0.3) is 0 Å². The van der Waals surface area contributed by atoms with E-state index in [0.717, 1.165) is 4.90 Å². The lowest BCUT2D eigenvalue weighted by Crippen LogP contribution is -2.52. The smallest absolute Gasteiger partial charge is 0.395 e. The Labute approximate surface area is 97.7 Å². The Hall–Kier alpha value is -0.860. The zero-order valence-electron chi connectivity index (χ0n) is 9.63. The summed E-state index contributed by atoms with van der Waals surface area (Å²) >= 11 is 0. The van der Waals surface area contributed by atoms with Crippen LogP contribution in [0.15, 0.2) is 0 Å². The molecule has 0 saturated carbocycles. The lowest BCUT2D eigenvalue weighted by Gasteiger charge is -2.30. The highest BCUT2D eigenvalue weighted by Gasteiger charge is 2.35. The molecule has 0 spiro atoms. The number of aliphatic hydroxyl groups excluding tert-OH is 1. The van der Waals surface area contributed by atoms with Crippen molar-refractivity contribution in [3.8, 4) is 0 Å². The SMILES string of the molecule is CCCC(C(=O)NN)N(CCO)CC(F)(F)F. The maximum absolute atomic E-state index is 12.3. The van der Waals surface area contributed by atoms with E-state index < -0.39 is 31.3 Å². The van der Waals surface area contributed by atoms with Gasteiger partial charge >= 0.3 is 6.18 Å². The molecule has 5 nitrogen and oxygen atoms in total. The number of hydrogen-bond donors (Lipinski definition) is 3. The van der Waals surface area contributed by atoms with E-state index in [0.29, 0.717) is 6.42 Å². The van der Waals surface area contributed by atoms with Gasteiger partial charge in [0, 0.05) is 6.54 Å². The van der Waals surface area contributed by atoms with Gasteiger partial charge in [-0.2, -0.15) is 13.2 Å². The topological polar surface area (TPSA) is 78.6 Å². The summed E-state index contributed by atoms with van der Waals surface area (Å²) in [6.07, 6.45) is -3.63. The molecule has 102 valence electrons. The van der Waals surface area contributed by atoms with Gasteiger partial charge in [-0.1, -0.05) is 13.3 Å². The molecule has 1 unspecified atom stereocenters. The van der Waals surface area contributed by atoms with Crippen molar-refractivity contribution in [3.63, 3.8) is 0 Å². The molecule has 17 heavy (non-hydrogen) atoms. The molecule has 0 aliphatic carbocycles. The summed E-state index contributed by atoms with van der Waals surface area (Å²) in [5, 5.41) is 8.73. The van der Waals surface area contributed by atoms with E-state index in [1.807, 2.05) is 5.43 Å². The van der Waals surface area contributed by atoms with Crippen LogP contribution in [0.1, 0.15) is 19.8 Å². The molecule has 0 heterocycles. The van der Waals surface area contributed by atoms with Gasteiger partial charge in [0.15, 0.2) is 0 Å². The predicted molar refractivity (Wildman–Crippen MR) is 55.7 cm³/mol. The number of amides is 1. The van der Waals surface area contributed by atoms with E-state index in [1.165, 1.54) is 0 Å². The van der Waals surface area contributed by atoms with Gasteiger partial charge in [0.05, 0.1) is 19.2 Å². The Morgan fingerprint density at radius 2 is 2.12 bits per heavy atom. The Balaban J connectivity index is 4.75. The zero-order chi connectivity index (χ0) is 13.5. The molecule has 0 aromatic carbocycles. The molecule has 0 fully saturated rings. The molecular formula is C9H18F3N3O2. The third-order valence-electron chi connectivity index (χ3n) is 2.22. The second kappa shape index (κ2) is 7.46. The first-order chi connectivity index (χ1) is 7.85. The second-order valence-electron chi connectivity index (χ2n) is 3.62. The summed E-state index contributed by atoms with van der Waals surface area (Å²) in [7, 11) is 0. The summed E-state index contributed by atoms with van der Waals surface area (Å²) in [6.45, 7) is -0.168. The molecule has 0 aromatic heterocycles. The van der Waals surface area contributed by atoms with Gasteiger partial charge in [-0.25, -0.2) is 5.84 Å². The number of halogens is 3. The van der Waals surface area contributed by atoms with E-state index in [-0.39, 0.29) is 13.0 Å². The minimum atomic E-state index is -4.42. The summed E-state index contributed by atoms with van der Waals surface area (Å²) in [4.78, 5) is 12.3. The van der Waals surface area contributed by atoms with Crippen LogP contribution in [-0.2, 0) is 4.79 Å². The molecule has 0 bridgehead atoms. The maximum Gasteiger partial charge on any atom is 0.401 e. The molecule has 1 atom stereocenters. The lowest BCUT2D eigenvalue weighted by molar-refractivity contribution is -0.156. The Morgan fingerprint density at radius 1 is 1.53 bits per heavy atom. The molecule has 0 saturated heterocycles. The van der Waals surface area contributed by atoms with Crippen molar-refractivity contribution in [1.82, 2.24) is 10.3 Å². The molecule has 8 heteroatoms. The normalized spacial score (nSPS) is 13.8. The highest BCUT2D eigenvalue weighted by atomic mass is 19.4. The fourth-order valence-electron chi connectivity index (χ4n) is 1.55. The van der Waals surface area contributed by atoms with Crippen LogP contribution in [-0.4, -0.2) is 47.8 Å². The van der Waals surface area contributed by atoms with Crippen LogP contribution in [0, 0.1) is 0 Å². The van der Waals surface area contributed by atoms with Crippen molar-refractivity contribution in [2.75, 3.05) is 19.7 Å². The van der Waals surface area contributed by atoms with Gasteiger partial charge in [-0.05, 0) is 6.42 Å². The zero-order valence-corrected chi connectivity index (χ0v) is 9.63. The average molecular weight is 257 g/mol. The Kier molecular flexibility index (Phi) is 7.09. The summed E-state index contributed by atoms with van der Waals surface area (Å²) in [6, 6.07) is -0.973. The number of nitrogens with one attached hydrogen (secondary N) is 1. The van der Waals surface area contributed by atoms with Crippen molar-refractivity contribution in [2.24, 2.45) is 5.84 Å². The first-order valence-corrected chi connectivity index (χ1v) is 5.27. The molecular weight excluding hydrogens is 239 g/mol. The fourth-order valence-corrected chi connectivity index (χ4v) is 1.55. The van der Waals surface area contributed by atoms with Crippen molar-refractivity contribution < 1.29 is 23.1 Å². The monoisotopic (exact) mass is 257 g/mol. The Morgan fingerprint density at radius 3 is 2.47 bits per heavy atom. The van der Waals surface area contributed by atoms with Gasteiger partial charge in [0.1, 0.15) is 0 Å². The Bertz CT molecular complexity index is 236. The van der Waals surface area contributed by atoms with Crippen LogP contribution >= 0.6 is 0 Å². The number of hydrazine groups is 1. The van der Waals surface area contributed by atoms with Crippen molar-refractivity contribution >= 4 is 5.91 Å². The van der Waals surface area contributed by atoms with Crippen molar-refractivity contribution in [1.29, 1.82) is 0 Å². The van der Waals surface area contributed by atoms with E-state index in [2.05, 4.69) is 0 Å². The fraction of sp³-hybridized carbons (Fsp3) is 0.889. The number of nitrogens with zero attached hydrogens (tertiary/aromatic N) is 1. The van der Waals surface area contributed by atoms with Crippen molar-refractivity contribution in [3.05, 3.63) is 0 Å². The van der Waals surface area contributed by atoms with Crippen LogP contribution in [0.2, 0.25) is 0 Å². The number of carbonyl (C=O) groups is 1. The minimum absolute atomic E-state index is 0.225. The number of aliphatic hydroxyl groups is 1. The van der Waals surface area contributed by atoms with E-state index in [9.17, 15) is 18.0 Å². The minimum Gasteiger partial charge on any atom is -0.395 e. The van der Waals surface area contributed by atoms with Gasteiger partial charge < -0.3 is 5.11 Å². The van der Waals surface area contributed by atoms with E-state index in [4.69, 9.17) is 10.9 Å². The standard InChI is InChI=1S/C9H18F3N3O2/c1-2-3-7(8(17)14-13)15(4-5-16)6-9(10,11)12/h7,16H,2-6,13H2,1H3,(H,14,17). The van der Waals surface area contributed by atoms with Crippen LogP contribution in [0.4, 0.5) is 13.2 Å². The van der Waals surface area contributed by atoms with Crippen LogP contribution < -0.4 is 11.3 Å². The number of hydrogen-bond acceptors (Lipinski definition) is 4. The number of nitrogens with two attached hydrogens (primary N) is 1. The third-order valence-corrected chi connectivity index (χ3v) is 2.22. The van der Waals surface area contributed by atoms with Crippen molar-refractivity contribution in [2.45, 2.75) is 32.0 Å². The first-order valence-electron chi connectivity index (χ1n) is 5.27. The van der Waals surface area contributed by atoms with Gasteiger partial charge in [-0.15, -0.1) is 0 Å². The molecule has 0 aliphatic heterocycles. The van der Waals surface area contributed by atoms with Crippen LogP contribution in [0.5, 0.6) is 0 Å². The van der Waals surface area contributed by atoms with Gasteiger partial charge in [0.2, 0.25) is 0 Å². The highest BCUT2D eigenvalue weighted by molar-refractivity contribution is 5.81. The molecule has 0 aromatic rings. The highest BCUT2D eigenvalue weighted by Crippen LogP contribution is 2.19. The maximum atomic E-state index is 12.3. The number of carbonyl (C=O) groups excluding carboxylic acids is 1. The molecule has 1 amide bonds. The second-order valence-corrected chi connectivity index (χ2v) is 3.62. The van der Waals surface area contributed by atoms with E-state index in [1.54, 1.807) is 6.92 Å². The molecule has 0 radical (unpaired) electrons. The molecule has 0 rings (SSSR count). The van der Waals surface area contributed by atoms with Gasteiger partial charge in [-0.3, -0.25) is 15.1 Å². The molecule has 4 N–H and O–H groups in total. The summed E-state index contributed by atoms with van der Waals surface area (Å²) < 4.78 is 36.9. The third kappa shape index (κ3) is 6.44. The lowest BCUT2D eigenvalue weighted by atomic mass is 10.1. The first kappa shape index (κ1) is 16.1. The van der Waals surface area contributed by atoms with E-state index >= 15 is 0 Å². The quantitative estimate of drug-likeness (QED) is 0.341.